The normalized spacial score (nSPS) is 12.3. The van der Waals surface area contributed by atoms with E-state index in [-0.39, 0.29) is 0 Å². The van der Waals surface area contributed by atoms with E-state index in [1.54, 1.807) is 18.0 Å². The van der Waals surface area contributed by atoms with Crippen molar-refractivity contribution in [2.45, 2.75) is 0 Å². The number of hydrogen-bond donors (Lipinski definition) is 0. The van der Waals surface area contributed by atoms with Gasteiger partial charge in [0.25, 0.3) is 0 Å². The van der Waals surface area contributed by atoms with Gasteiger partial charge in [0, 0.05) is 12.4 Å². The minimum Gasteiger partial charge on any atom is -0.463 e. The molecule has 100 valence electrons. The summed E-state index contributed by atoms with van der Waals surface area (Å²) in [6, 6.07) is 13.7. The van der Waals surface area contributed by atoms with Crippen LogP contribution in [0.5, 0.6) is 0 Å². The Labute approximate surface area is 120 Å². The Morgan fingerprint density at radius 1 is 1.15 bits per heavy atom. The van der Waals surface area contributed by atoms with Crippen molar-refractivity contribution in [3.05, 3.63) is 64.5 Å². The predicted octanol–water partition coefficient (Wildman–Crippen LogP) is 3.22. The number of furan rings is 1. The van der Waals surface area contributed by atoms with Crippen LogP contribution in [0.1, 0.15) is 5.56 Å². The van der Waals surface area contributed by atoms with Gasteiger partial charge in [-0.05, 0) is 17.7 Å². The smallest absolute Gasteiger partial charge is 0.206 e. The van der Waals surface area contributed by atoms with Gasteiger partial charge < -0.3 is 4.42 Å². The highest BCUT2D eigenvalue weighted by atomic mass is 32.1. The Kier molecular flexibility index (Phi) is 3.60. The van der Waals surface area contributed by atoms with Crippen LogP contribution in [0.15, 0.2) is 68.6 Å². The highest BCUT2D eigenvalue weighted by Crippen LogP contribution is 2.20. The van der Waals surface area contributed by atoms with Crippen LogP contribution in [-0.2, 0) is 0 Å². The molecule has 0 spiro atoms. The molecular weight excluding hydrogens is 270 g/mol. The maximum Gasteiger partial charge on any atom is 0.206 e. The molecule has 0 fully saturated rings. The van der Waals surface area contributed by atoms with Gasteiger partial charge in [-0.15, -0.1) is 11.3 Å². The molecule has 0 amide bonds. The zero-order chi connectivity index (χ0) is 13.8. The first-order chi connectivity index (χ1) is 9.88. The monoisotopic (exact) mass is 283 g/mol. The summed E-state index contributed by atoms with van der Waals surface area (Å²) in [5, 5.41) is 6.50. The first-order valence-corrected chi connectivity index (χ1v) is 7.03. The van der Waals surface area contributed by atoms with E-state index in [2.05, 4.69) is 10.1 Å². The average Bonchev–Trinajstić information content (AvgIpc) is 3.14. The quantitative estimate of drug-likeness (QED) is 0.680. The second-order valence-electron chi connectivity index (χ2n) is 4.07. The van der Waals surface area contributed by atoms with Crippen LogP contribution in [0, 0.1) is 0 Å². The Morgan fingerprint density at radius 3 is 2.70 bits per heavy atom. The topological polar surface area (TPSA) is 42.8 Å². The van der Waals surface area contributed by atoms with Crippen molar-refractivity contribution >= 4 is 17.6 Å². The van der Waals surface area contributed by atoms with E-state index in [0.717, 1.165) is 21.8 Å². The highest BCUT2D eigenvalue weighted by Gasteiger charge is 2.08. The van der Waals surface area contributed by atoms with Crippen LogP contribution in [0.2, 0.25) is 0 Å². The lowest BCUT2D eigenvalue weighted by Gasteiger charge is -1.99. The predicted molar refractivity (Wildman–Crippen MR) is 80.9 cm³/mol. The molecule has 0 N–H and O–H groups in total. The van der Waals surface area contributed by atoms with Gasteiger partial charge >= 0.3 is 0 Å². The molecule has 4 nitrogen and oxygen atoms in total. The minimum absolute atomic E-state index is 0.779. The molecule has 0 bridgehead atoms. The van der Waals surface area contributed by atoms with Crippen LogP contribution in [0.4, 0.5) is 0 Å². The van der Waals surface area contributed by atoms with E-state index in [1.807, 2.05) is 54.1 Å². The molecule has 0 aliphatic rings. The summed E-state index contributed by atoms with van der Waals surface area (Å²) >= 11 is 1.53. The van der Waals surface area contributed by atoms with Crippen LogP contribution in [0.3, 0.4) is 0 Å². The summed E-state index contributed by atoms with van der Waals surface area (Å²) in [4.78, 5) is 5.06. The van der Waals surface area contributed by atoms with Crippen molar-refractivity contribution in [2.75, 3.05) is 7.05 Å². The second-order valence-corrected chi connectivity index (χ2v) is 4.91. The van der Waals surface area contributed by atoms with Gasteiger partial charge in [-0.3, -0.25) is 4.99 Å². The number of benzene rings is 1. The summed E-state index contributed by atoms with van der Waals surface area (Å²) in [6.45, 7) is 0. The lowest BCUT2D eigenvalue weighted by atomic mass is 10.2. The minimum atomic E-state index is 0.779. The highest BCUT2D eigenvalue weighted by molar-refractivity contribution is 7.07. The zero-order valence-corrected chi connectivity index (χ0v) is 11.7. The Hall–Kier alpha value is -2.40. The molecule has 1 aromatic carbocycles. The lowest BCUT2D eigenvalue weighted by Crippen LogP contribution is -2.11. The van der Waals surface area contributed by atoms with Gasteiger partial charge in [0.1, 0.15) is 5.69 Å². The molecule has 2 aromatic heterocycles. The molecule has 0 atom stereocenters. The van der Waals surface area contributed by atoms with E-state index < -0.39 is 0 Å². The van der Waals surface area contributed by atoms with Gasteiger partial charge in [-0.25, -0.2) is 4.68 Å². The Balaban J connectivity index is 2.05. The van der Waals surface area contributed by atoms with Crippen LogP contribution >= 0.6 is 11.3 Å². The first kappa shape index (κ1) is 12.6. The van der Waals surface area contributed by atoms with Crippen molar-refractivity contribution in [3.8, 4) is 11.5 Å². The number of hydrogen-bond acceptors (Lipinski definition) is 4. The molecule has 3 rings (SSSR count). The van der Waals surface area contributed by atoms with Crippen molar-refractivity contribution in [2.24, 2.45) is 10.1 Å². The summed E-state index contributed by atoms with van der Waals surface area (Å²) in [5.74, 6) is 0.779. The summed E-state index contributed by atoms with van der Waals surface area (Å²) < 4.78 is 7.23. The Bertz CT molecular complexity index is 767. The summed E-state index contributed by atoms with van der Waals surface area (Å²) in [7, 11) is 1.76. The fourth-order valence-electron chi connectivity index (χ4n) is 1.82. The molecule has 0 saturated heterocycles. The molecule has 0 saturated carbocycles. The van der Waals surface area contributed by atoms with Crippen molar-refractivity contribution in [3.63, 3.8) is 0 Å². The van der Waals surface area contributed by atoms with Gasteiger partial charge in [0.05, 0.1) is 12.5 Å². The number of aromatic nitrogens is 1. The van der Waals surface area contributed by atoms with Gasteiger partial charge in [-0.1, -0.05) is 30.3 Å². The molecule has 2 heterocycles. The molecule has 0 radical (unpaired) electrons. The molecule has 3 aromatic rings. The van der Waals surface area contributed by atoms with Crippen molar-refractivity contribution in [1.82, 2.24) is 4.68 Å². The maximum absolute atomic E-state index is 5.44. The summed E-state index contributed by atoms with van der Waals surface area (Å²) in [5.41, 5.74) is 1.94. The molecule has 0 unspecified atom stereocenters. The van der Waals surface area contributed by atoms with Crippen molar-refractivity contribution < 1.29 is 4.42 Å². The maximum atomic E-state index is 5.44. The first-order valence-electron chi connectivity index (χ1n) is 6.15. The van der Waals surface area contributed by atoms with Crippen LogP contribution < -0.4 is 4.80 Å². The summed E-state index contributed by atoms with van der Waals surface area (Å²) in [6.07, 6.45) is 3.47. The van der Waals surface area contributed by atoms with Crippen LogP contribution in [0.25, 0.3) is 11.5 Å². The number of rotatable bonds is 3. The van der Waals surface area contributed by atoms with Crippen molar-refractivity contribution in [1.29, 1.82) is 0 Å². The number of nitrogens with zero attached hydrogens (tertiary/aromatic N) is 3. The van der Waals surface area contributed by atoms with E-state index in [0.29, 0.717) is 0 Å². The zero-order valence-electron chi connectivity index (χ0n) is 10.9. The third-order valence-corrected chi connectivity index (χ3v) is 3.68. The molecule has 20 heavy (non-hydrogen) atoms. The average molecular weight is 283 g/mol. The van der Waals surface area contributed by atoms with E-state index in [9.17, 15) is 0 Å². The standard InChI is InChI=1S/C15H13N3OS/c1-16-15-18(17-10-12-6-3-2-4-7-12)13(11-20-15)14-8-5-9-19-14/h2-11H,1H3. The van der Waals surface area contributed by atoms with E-state index in [1.165, 1.54) is 11.3 Å². The SMILES string of the molecule is CN=c1scc(-c2ccco2)n1N=Cc1ccccc1. The fraction of sp³-hybridized carbons (Fsp3) is 0.0667. The molecular formula is C15H13N3OS. The molecule has 0 aliphatic carbocycles. The van der Waals surface area contributed by atoms with Gasteiger partial charge in [0.15, 0.2) is 5.76 Å². The van der Waals surface area contributed by atoms with Gasteiger partial charge in [0.2, 0.25) is 4.80 Å². The Morgan fingerprint density at radius 2 is 2.00 bits per heavy atom. The third kappa shape index (κ3) is 2.48. The third-order valence-electron chi connectivity index (χ3n) is 2.77. The van der Waals surface area contributed by atoms with E-state index >= 15 is 0 Å². The largest absolute Gasteiger partial charge is 0.463 e. The lowest BCUT2D eigenvalue weighted by molar-refractivity contribution is 0.575. The number of thiazole rings is 1. The van der Waals surface area contributed by atoms with Crippen LogP contribution in [-0.4, -0.2) is 17.9 Å². The van der Waals surface area contributed by atoms with Gasteiger partial charge in [-0.2, -0.15) is 5.10 Å². The second kappa shape index (κ2) is 5.71. The molecule has 5 heteroatoms. The molecule has 0 aliphatic heterocycles. The van der Waals surface area contributed by atoms with E-state index in [4.69, 9.17) is 4.42 Å². The fourth-order valence-corrected chi connectivity index (χ4v) is 2.60.